The molecule has 1 aromatic carbocycles. The fourth-order valence-electron chi connectivity index (χ4n) is 1.98. The Hall–Kier alpha value is -1.64. The summed E-state index contributed by atoms with van der Waals surface area (Å²) in [6, 6.07) is 4.06. The van der Waals surface area contributed by atoms with Crippen LogP contribution in [0.15, 0.2) is 23.1 Å². The molecule has 0 radical (unpaired) electrons. The van der Waals surface area contributed by atoms with Gasteiger partial charge in [-0.15, -0.1) is 0 Å². The molecule has 2 rings (SSSR count). The number of amides is 1. The zero-order chi connectivity index (χ0) is 14.8. The van der Waals surface area contributed by atoms with Gasteiger partial charge >= 0.3 is 0 Å². The minimum Gasteiger partial charge on any atom is -0.496 e. The Balaban J connectivity index is 2.41. The highest BCUT2D eigenvalue weighted by Crippen LogP contribution is 2.24. The van der Waals surface area contributed by atoms with Gasteiger partial charge in [0.15, 0.2) is 0 Å². The predicted molar refractivity (Wildman–Crippen MR) is 71.1 cm³/mol. The molecule has 110 valence electrons. The summed E-state index contributed by atoms with van der Waals surface area (Å²) in [5.41, 5.74) is 5.28. The number of nitrogens with zero attached hydrogens (tertiary/aromatic N) is 1. The van der Waals surface area contributed by atoms with Crippen LogP contribution in [0.2, 0.25) is 0 Å². The SMILES string of the molecule is COc1ccc(S(=O)(=O)N2CCOCC2)cc1C(N)=O. The van der Waals surface area contributed by atoms with E-state index in [4.69, 9.17) is 15.2 Å². The van der Waals surface area contributed by atoms with Crippen LogP contribution >= 0.6 is 0 Å². The van der Waals surface area contributed by atoms with Gasteiger partial charge in [0.05, 0.1) is 30.8 Å². The molecular weight excluding hydrogens is 284 g/mol. The fourth-order valence-corrected chi connectivity index (χ4v) is 3.41. The van der Waals surface area contributed by atoms with Crippen LogP contribution in [-0.4, -0.2) is 52.0 Å². The maximum Gasteiger partial charge on any atom is 0.252 e. The van der Waals surface area contributed by atoms with Crippen LogP contribution in [0.3, 0.4) is 0 Å². The molecular formula is C12H16N2O5S. The lowest BCUT2D eigenvalue weighted by Crippen LogP contribution is -2.40. The van der Waals surface area contributed by atoms with Gasteiger partial charge in [-0.1, -0.05) is 0 Å². The summed E-state index contributed by atoms with van der Waals surface area (Å²) < 4.78 is 36.3. The molecule has 1 aliphatic rings. The first-order valence-corrected chi connectivity index (χ1v) is 7.46. The van der Waals surface area contributed by atoms with Crippen molar-refractivity contribution in [2.24, 2.45) is 5.73 Å². The van der Waals surface area contributed by atoms with E-state index < -0.39 is 15.9 Å². The number of methoxy groups -OCH3 is 1. The second kappa shape index (κ2) is 5.78. The fraction of sp³-hybridized carbons (Fsp3) is 0.417. The van der Waals surface area contributed by atoms with Crippen LogP contribution in [0.4, 0.5) is 0 Å². The van der Waals surface area contributed by atoms with E-state index in [2.05, 4.69) is 0 Å². The van der Waals surface area contributed by atoms with Crippen molar-refractivity contribution in [2.75, 3.05) is 33.4 Å². The highest BCUT2D eigenvalue weighted by molar-refractivity contribution is 7.89. The van der Waals surface area contributed by atoms with Crippen LogP contribution in [0, 0.1) is 0 Å². The lowest BCUT2D eigenvalue weighted by Gasteiger charge is -2.26. The number of carbonyl (C=O) groups excluding carboxylic acids is 1. The van der Waals surface area contributed by atoms with Gasteiger partial charge in [0, 0.05) is 13.1 Å². The second-order valence-corrected chi connectivity index (χ2v) is 6.18. The first kappa shape index (κ1) is 14.8. The number of benzene rings is 1. The Bertz CT molecular complexity index is 608. The van der Waals surface area contributed by atoms with E-state index in [0.29, 0.717) is 26.3 Å². The van der Waals surface area contributed by atoms with E-state index in [0.717, 1.165) is 0 Å². The second-order valence-electron chi connectivity index (χ2n) is 4.24. The molecule has 1 fully saturated rings. The van der Waals surface area contributed by atoms with Crippen LogP contribution in [0.5, 0.6) is 5.75 Å². The lowest BCUT2D eigenvalue weighted by atomic mass is 10.2. The molecule has 0 atom stereocenters. The maximum absolute atomic E-state index is 12.4. The normalized spacial score (nSPS) is 16.9. The summed E-state index contributed by atoms with van der Waals surface area (Å²) in [6.07, 6.45) is 0. The summed E-state index contributed by atoms with van der Waals surface area (Å²) in [4.78, 5) is 11.4. The van der Waals surface area contributed by atoms with E-state index in [1.54, 1.807) is 0 Å². The number of hydrogen-bond donors (Lipinski definition) is 1. The number of carbonyl (C=O) groups is 1. The van der Waals surface area contributed by atoms with E-state index >= 15 is 0 Å². The van der Waals surface area contributed by atoms with Gasteiger partial charge in [0.2, 0.25) is 10.0 Å². The third-order valence-corrected chi connectivity index (χ3v) is 4.94. The molecule has 0 unspecified atom stereocenters. The highest BCUT2D eigenvalue weighted by Gasteiger charge is 2.27. The first-order chi connectivity index (χ1) is 9.46. The molecule has 0 bridgehead atoms. The van der Waals surface area contributed by atoms with E-state index in [-0.39, 0.29) is 16.2 Å². The summed E-state index contributed by atoms with van der Waals surface area (Å²) in [5.74, 6) is -0.487. The third kappa shape index (κ3) is 2.77. The van der Waals surface area contributed by atoms with Gasteiger partial charge in [-0.05, 0) is 18.2 Å². The van der Waals surface area contributed by atoms with Crippen molar-refractivity contribution >= 4 is 15.9 Å². The standard InChI is InChI=1S/C12H16N2O5S/c1-18-11-3-2-9(8-10(11)12(13)15)20(16,17)14-4-6-19-7-5-14/h2-3,8H,4-7H2,1H3,(H2,13,15). The summed E-state index contributed by atoms with van der Waals surface area (Å²) in [5, 5.41) is 0. The van der Waals surface area contributed by atoms with E-state index in [1.807, 2.05) is 0 Å². The topological polar surface area (TPSA) is 98.9 Å². The molecule has 1 aliphatic heterocycles. The number of ether oxygens (including phenoxy) is 2. The molecule has 0 spiro atoms. The van der Waals surface area contributed by atoms with Crippen molar-refractivity contribution in [1.29, 1.82) is 0 Å². The van der Waals surface area contributed by atoms with Gasteiger partial charge in [-0.2, -0.15) is 4.31 Å². The summed E-state index contributed by atoms with van der Waals surface area (Å²) >= 11 is 0. The number of rotatable bonds is 4. The van der Waals surface area contributed by atoms with Crippen molar-refractivity contribution in [3.63, 3.8) is 0 Å². The maximum atomic E-state index is 12.4. The monoisotopic (exact) mass is 300 g/mol. The number of sulfonamides is 1. The Kier molecular flexibility index (Phi) is 4.26. The number of primary amides is 1. The van der Waals surface area contributed by atoms with Gasteiger partial charge < -0.3 is 15.2 Å². The van der Waals surface area contributed by atoms with Gasteiger partial charge in [-0.25, -0.2) is 8.42 Å². The Morgan fingerprint density at radius 2 is 2.00 bits per heavy atom. The molecule has 1 heterocycles. The number of hydrogen-bond acceptors (Lipinski definition) is 5. The van der Waals surface area contributed by atoms with Crippen LogP contribution in [-0.2, 0) is 14.8 Å². The molecule has 0 aromatic heterocycles. The first-order valence-electron chi connectivity index (χ1n) is 6.02. The van der Waals surface area contributed by atoms with Crippen molar-refractivity contribution in [3.05, 3.63) is 23.8 Å². The molecule has 2 N–H and O–H groups in total. The van der Waals surface area contributed by atoms with Crippen molar-refractivity contribution in [2.45, 2.75) is 4.90 Å². The minimum atomic E-state index is -3.65. The zero-order valence-electron chi connectivity index (χ0n) is 11.0. The van der Waals surface area contributed by atoms with E-state index in [9.17, 15) is 13.2 Å². The van der Waals surface area contributed by atoms with Gasteiger partial charge in [0.1, 0.15) is 5.75 Å². The Morgan fingerprint density at radius 3 is 2.55 bits per heavy atom. The zero-order valence-corrected chi connectivity index (χ0v) is 11.9. The van der Waals surface area contributed by atoms with Crippen molar-refractivity contribution < 1.29 is 22.7 Å². The van der Waals surface area contributed by atoms with Crippen LogP contribution in [0.1, 0.15) is 10.4 Å². The van der Waals surface area contributed by atoms with Crippen LogP contribution < -0.4 is 10.5 Å². The summed E-state index contributed by atoms with van der Waals surface area (Å²) in [6.45, 7) is 1.30. The number of morpholine rings is 1. The highest BCUT2D eigenvalue weighted by atomic mass is 32.2. The quantitative estimate of drug-likeness (QED) is 0.831. The average molecular weight is 300 g/mol. The summed E-state index contributed by atoms with van der Waals surface area (Å²) in [7, 11) is -2.27. The number of nitrogens with two attached hydrogens (primary N) is 1. The average Bonchev–Trinajstić information content (AvgIpc) is 2.47. The smallest absolute Gasteiger partial charge is 0.252 e. The van der Waals surface area contributed by atoms with Crippen molar-refractivity contribution in [1.82, 2.24) is 4.31 Å². The molecule has 20 heavy (non-hydrogen) atoms. The third-order valence-electron chi connectivity index (χ3n) is 3.04. The molecule has 1 amide bonds. The Morgan fingerprint density at radius 1 is 1.35 bits per heavy atom. The van der Waals surface area contributed by atoms with E-state index in [1.165, 1.54) is 29.6 Å². The van der Waals surface area contributed by atoms with Gasteiger partial charge in [-0.3, -0.25) is 4.79 Å². The molecule has 8 heteroatoms. The molecule has 0 aliphatic carbocycles. The molecule has 0 saturated carbocycles. The molecule has 1 aromatic rings. The minimum absolute atomic E-state index is 0.0222. The van der Waals surface area contributed by atoms with Gasteiger partial charge in [0.25, 0.3) is 5.91 Å². The van der Waals surface area contributed by atoms with Crippen LogP contribution in [0.25, 0.3) is 0 Å². The molecule has 1 saturated heterocycles. The molecule has 7 nitrogen and oxygen atoms in total. The van der Waals surface area contributed by atoms with Crippen molar-refractivity contribution in [3.8, 4) is 5.75 Å². The lowest BCUT2D eigenvalue weighted by molar-refractivity contribution is 0.0730. The predicted octanol–water partition coefficient (Wildman–Crippen LogP) is -0.185. The largest absolute Gasteiger partial charge is 0.496 e. The Labute approximate surface area is 117 Å².